The lowest BCUT2D eigenvalue weighted by molar-refractivity contribution is -0.117. The van der Waals surface area contributed by atoms with Crippen LogP contribution in [-0.4, -0.2) is 34.8 Å². The molecule has 10 heteroatoms. The fourth-order valence-electron chi connectivity index (χ4n) is 2.80. The van der Waals surface area contributed by atoms with Gasteiger partial charge in [-0.15, -0.1) is 0 Å². The van der Waals surface area contributed by atoms with E-state index in [0.29, 0.717) is 28.3 Å². The van der Waals surface area contributed by atoms with Crippen LogP contribution in [0.2, 0.25) is 5.02 Å². The molecule has 0 aliphatic carbocycles. The fraction of sp³-hybridized carbons (Fsp3) is 0.143. The molecule has 1 aromatic carbocycles. The smallest absolute Gasteiger partial charge is 0.257 e. The monoisotopic (exact) mass is 445 g/mol. The maximum absolute atomic E-state index is 12.8. The van der Waals surface area contributed by atoms with Crippen LogP contribution in [-0.2, 0) is 4.79 Å². The summed E-state index contributed by atoms with van der Waals surface area (Å²) in [6.07, 6.45) is 0.149. The van der Waals surface area contributed by atoms with Crippen LogP contribution in [0.4, 0.5) is 26.0 Å². The first kappa shape index (κ1) is 22.1. The zero-order chi connectivity index (χ0) is 22.5. The number of nitrogens with one attached hydrogen (secondary N) is 1. The van der Waals surface area contributed by atoms with Gasteiger partial charge in [0.2, 0.25) is 5.91 Å². The highest BCUT2D eigenvalue weighted by Gasteiger charge is 2.20. The van der Waals surface area contributed by atoms with Gasteiger partial charge in [0.05, 0.1) is 40.4 Å². The van der Waals surface area contributed by atoms with E-state index in [1.54, 1.807) is 30.3 Å². The lowest BCUT2D eigenvalue weighted by Crippen LogP contribution is -2.33. The number of alkyl halides is 2. The van der Waals surface area contributed by atoms with Gasteiger partial charge in [-0.25, -0.2) is 13.8 Å². The summed E-state index contributed by atoms with van der Waals surface area (Å²) in [4.78, 5) is 33.1. The molecule has 0 bridgehead atoms. The van der Waals surface area contributed by atoms with Crippen LogP contribution in [0.1, 0.15) is 17.3 Å². The number of hydrogen-bond acceptors (Lipinski definition) is 5. The van der Waals surface area contributed by atoms with Crippen molar-refractivity contribution in [2.75, 3.05) is 22.5 Å². The molecule has 0 spiro atoms. The summed E-state index contributed by atoms with van der Waals surface area (Å²) in [5.74, 6) is -0.572. The van der Waals surface area contributed by atoms with Gasteiger partial charge in [-0.2, -0.15) is 0 Å². The van der Waals surface area contributed by atoms with Crippen LogP contribution in [0.25, 0.3) is 11.3 Å². The molecule has 0 aliphatic heterocycles. The number of anilines is 3. The highest BCUT2D eigenvalue weighted by atomic mass is 35.5. The number of nitrogens with two attached hydrogens (primary N) is 1. The number of carbonyl (C=O) groups excluding carboxylic acids is 2. The Balaban J connectivity index is 1.77. The third kappa shape index (κ3) is 5.52. The fourth-order valence-corrected chi connectivity index (χ4v) is 3.08. The van der Waals surface area contributed by atoms with Gasteiger partial charge >= 0.3 is 0 Å². The number of halogens is 3. The summed E-state index contributed by atoms with van der Waals surface area (Å²) in [5.41, 5.74) is 7.63. The Morgan fingerprint density at radius 2 is 1.90 bits per heavy atom. The van der Waals surface area contributed by atoms with Gasteiger partial charge in [-0.3, -0.25) is 14.6 Å². The number of benzene rings is 1. The Morgan fingerprint density at radius 1 is 1.13 bits per heavy atom. The van der Waals surface area contributed by atoms with E-state index >= 15 is 0 Å². The normalized spacial score (nSPS) is 10.7. The minimum absolute atomic E-state index is 0.132. The summed E-state index contributed by atoms with van der Waals surface area (Å²) in [6, 6.07) is 11.0. The lowest BCUT2D eigenvalue weighted by Gasteiger charge is -2.22. The second kappa shape index (κ2) is 9.48. The SMILES string of the molecule is CC(=O)N(CC(F)F)c1ccc(-c2ccc(C(=O)Nc3ccc(N)nc3)cn2)cc1Cl. The van der Waals surface area contributed by atoms with Crippen molar-refractivity contribution in [2.45, 2.75) is 13.3 Å². The Kier molecular flexibility index (Phi) is 6.76. The Labute approximate surface area is 181 Å². The average molecular weight is 446 g/mol. The standard InChI is InChI=1S/C21H18ClF2N5O2/c1-12(30)29(11-19(23)24)18-6-3-13(8-16(18)22)17-5-2-14(9-26-17)21(31)28-15-4-7-20(25)27-10-15/h2-10,19H,11H2,1H3,(H2,25,27)(H,28,31). The number of rotatable bonds is 6. The number of nitrogens with zero attached hydrogens (tertiary/aromatic N) is 3. The van der Waals surface area contributed by atoms with E-state index in [1.165, 1.54) is 31.5 Å². The molecule has 0 atom stereocenters. The molecule has 3 rings (SSSR count). The summed E-state index contributed by atoms with van der Waals surface area (Å²) < 4.78 is 25.6. The van der Waals surface area contributed by atoms with Crippen molar-refractivity contribution in [3.05, 3.63) is 65.4 Å². The summed E-state index contributed by atoms with van der Waals surface area (Å²) >= 11 is 6.24. The van der Waals surface area contributed by atoms with Crippen LogP contribution in [0.3, 0.4) is 0 Å². The van der Waals surface area contributed by atoms with Gasteiger partial charge in [0.25, 0.3) is 12.3 Å². The molecular weight excluding hydrogens is 428 g/mol. The average Bonchev–Trinajstić information content (AvgIpc) is 2.73. The molecule has 3 aromatic rings. The van der Waals surface area contributed by atoms with E-state index in [4.69, 9.17) is 17.3 Å². The van der Waals surface area contributed by atoms with Crippen LogP contribution in [0.5, 0.6) is 0 Å². The van der Waals surface area contributed by atoms with Gasteiger partial charge in [-0.05, 0) is 36.4 Å². The molecule has 0 radical (unpaired) electrons. The van der Waals surface area contributed by atoms with Crippen LogP contribution in [0, 0.1) is 0 Å². The number of hydrogen-bond donors (Lipinski definition) is 2. The topological polar surface area (TPSA) is 101 Å². The predicted octanol–water partition coefficient (Wildman–Crippen LogP) is 4.25. The van der Waals surface area contributed by atoms with Crippen molar-refractivity contribution in [1.82, 2.24) is 9.97 Å². The zero-order valence-corrected chi connectivity index (χ0v) is 17.1. The van der Waals surface area contributed by atoms with Gasteiger partial charge in [0, 0.05) is 18.7 Å². The summed E-state index contributed by atoms with van der Waals surface area (Å²) in [7, 11) is 0. The first-order valence-electron chi connectivity index (χ1n) is 9.09. The quantitative estimate of drug-likeness (QED) is 0.590. The molecule has 2 aromatic heterocycles. The highest BCUT2D eigenvalue weighted by molar-refractivity contribution is 6.34. The third-order valence-corrected chi connectivity index (χ3v) is 4.61. The molecule has 3 N–H and O–H groups in total. The summed E-state index contributed by atoms with van der Waals surface area (Å²) in [5, 5.41) is 2.82. The minimum atomic E-state index is -2.69. The molecular formula is C21H18ClF2N5O2. The third-order valence-electron chi connectivity index (χ3n) is 4.30. The van der Waals surface area contributed by atoms with E-state index in [1.807, 2.05) is 0 Å². The number of aromatic nitrogens is 2. The number of nitrogen functional groups attached to an aromatic ring is 1. The van der Waals surface area contributed by atoms with Crippen molar-refractivity contribution >= 4 is 40.6 Å². The van der Waals surface area contributed by atoms with Crippen molar-refractivity contribution in [3.63, 3.8) is 0 Å². The highest BCUT2D eigenvalue weighted by Crippen LogP contribution is 2.31. The van der Waals surface area contributed by atoms with Gasteiger partial charge in [0.1, 0.15) is 5.82 Å². The van der Waals surface area contributed by atoms with E-state index in [2.05, 4.69) is 15.3 Å². The van der Waals surface area contributed by atoms with Crippen molar-refractivity contribution in [3.8, 4) is 11.3 Å². The Morgan fingerprint density at radius 3 is 2.45 bits per heavy atom. The Hall–Kier alpha value is -3.59. The predicted molar refractivity (Wildman–Crippen MR) is 115 cm³/mol. The zero-order valence-electron chi connectivity index (χ0n) is 16.3. The molecule has 0 saturated carbocycles. The molecule has 2 heterocycles. The second-order valence-corrected chi connectivity index (χ2v) is 6.95. The maximum Gasteiger partial charge on any atom is 0.257 e. The second-order valence-electron chi connectivity index (χ2n) is 6.54. The minimum Gasteiger partial charge on any atom is -0.384 e. The van der Waals surface area contributed by atoms with Crippen LogP contribution < -0.4 is 16.0 Å². The van der Waals surface area contributed by atoms with Crippen LogP contribution in [0.15, 0.2) is 54.9 Å². The van der Waals surface area contributed by atoms with E-state index in [9.17, 15) is 18.4 Å². The molecule has 0 fully saturated rings. The van der Waals surface area contributed by atoms with Gasteiger partial charge < -0.3 is 16.0 Å². The molecule has 0 unspecified atom stereocenters. The van der Waals surface area contributed by atoms with E-state index in [0.717, 1.165) is 4.90 Å². The van der Waals surface area contributed by atoms with E-state index in [-0.39, 0.29) is 16.6 Å². The molecule has 0 aliphatic rings. The molecule has 0 saturated heterocycles. The first-order chi connectivity index (χ1) is 14.7. The number of carbonyl (C=O) groups is 2. The number of amides is 2. The van der Waals surface area contributed by atoms with E-state index < -0.39 is 18.9 Å². The molecule has 31 heavy (non-hydrogen) atoms. The van der Waals surface area contributed by atoms with Gasteiger partial charge in [-0.1, -0.05) is 17.7 Å². The largest absolute Gasteiger partial charge is 0.384 e. The van der Waals surface area contributed by atoms with Crippen molar-refractivity contribution in [1.29, 1.82) is 0 Å². The Bertz CT molecular complexity index is 1090. The molecule has 160 valence electrons. The van der Waals surface area contributed by atoms with Crippen molar-refractivity contribution < 1.29 is 18.4 Å². The van der Waals surface area contributed by atoms with Gasteiger partial charge in [0.15, 0.2) is 0 Å². The van der Waals surface area contributed by atoms with Crippen LogP contribution >= 0.6 is 11.6 Å². The maximum atomic E-state index is 12.8. The molecule has 7 nitrogen and oxygen atoms in total. The lowest BCUT2D eigenvalue weighted by atomic mass is 10.1. The first-order valence-corrected chi connectivity index (χ1v) is 9.47. The van der Waals surface area contributed by atoms with Crippen molar-refractivity contribution in [2.24, 2.45) is 0 Å². The number of pyridine rings is 2. The summed E-state index contributed by atoms with van der Waals surface area (Å²) in [6.45, 7) is 0.443. The molecule has 2 amide bonds.